The first-order chi connectivity index (χ1) is 15.7. The molecule has 0 unspecified atom stereocenters. The van der Waals surface area contributed by atoms with Crippen LogP contribution in [0, 0.1) is 6.92 Å². The summed E-state index contributed by atoms with van der Waals surface area (Å²) in [5.41, 5.74) is 3.34. The highest BCUT2D eigenvalue weighted by molar-refractivity contribution is 6.02. The Morgan fingerprint density at radius 3 is 2.39 bits per heavy atom. The first-order valence-corrected chi connectivity index (χ1v) is 10.4. The molecule has 0 aromatic heterocycles. The third-order valence-electron chi connectivity index (χ3n) is 6.00. The fourth-order valence-corrected chi connectivity index (χ4v) is 4.06. The Hall–Kier alpha value is -3.68. The molecule has 8 heteroatoms. The van der Waals surface area contributed by atoms with Gasteiger partial charge in [-0.3, -0.25) is 4.79 Å². The molecule has 1 fully saturated rings. The number of fused-ring (bicyclic) bond motifs is 1. The third kappa shape index (κ3) is 4.20. The van der Waals surface area contributed by atoms with Crippen LogP contribution >= 0.6 is 0 Å². The average molecular weight is 455 g/mol. The second-order valence-electron chi connectivity index (χ2n) is 8.21. The summed E-state index contributed by atoms with van der Waals surface area (Å²) in [4.78, 5) is 13.2. The molecule has 5 nitrogen and oxygen atoms in total. The van der Waals surface area contributed by atoms with Crippen molar-refractivity contribution in [1.29, 1.82) is 0 Å². The molecule has 0 spiro atoms. The summed E-state index contributed by atoms with van der Waals surface area (Å²) in [6.45, 7) is 2.07. The molecule has 1 saturated carbocycles. The highest BCUT2D eigenvalue weighted by Gasteiger charge is 2.51. The van der Waals surface area contributed by atoms with E-state index in [0.717, 1.165) is 35.1 Å². The lowest BCUT2D eigenvalue weighted by atomic mass is 9.94. The van der Waals surface area contributed by atoms with Crippen LogP contribution in [0.5, 0.6) is 17.2 Å². The minimum Gasteiger partial charge on any atom is -0.454 e. The number of carbonyl (C=O) groups excluding carboxylic acids is 1. The van der Waals surface area contributed by atoms with Crippen LogP contribution in [0.2, 0.25) is 0 Å². The SMILES string of the molecule is Cc1ccc(NC(=O)C2(c3ccc4c(c3)OCO4)CC2)cc1-c1ccc(OC(F)(F)F)cc1. The Balaban J connectivity index is 1.36. The summed E-state index contributed by atoms with van der Waals surface area (Å²) in [6, 6.07) is 16.7. The van der Waals surface area contributed by atoms with E-state index in [4.69, 9.17) is 9.47 Å². The molecule has 2 aliphatic rings. The van der Waals surface area contributed by atoms with Crippen LogP contribution in [0.15, 0.2) is 60.7 Å². The van der Waals surface area contributed by atoms with Gasteiger partial charge >= 0.3 is 6.36 Å². The van der Waals surface area contributed by atoms with Gasteiger partial charge in [-0.1, -0.05) is 24.3 Å². The van der Waals surface area contributed by atoms with Crippen molar-refractivity contribution in [2.75, 3.05) is 12.1 Å². The van der Waals surface area contributed by atoms with Crippen molar-refractivity contribution in [2.45, 2.75) is 31.5 Å². The lowest BCUT2D eigenvalue weighted by Gasteiger charge is -2.17. The molecule has 0 atom stereocenters. The smallest absolute Gasteiger partial charge is 0.454 e. The van der Waals surface area contributed by atoms with Gasteiger partial charge in [0.15, 0.2) is 11.5 Å². The van der Waals surface area contributed by atoms with Crippen molar-refractivity contribution < 1.29 is 32.2 Å². The topological polar surface area (TPSA) is 56.8 Å². The predicted octanol–water partition coefficient (Wildman–Crippen LogP) is 5.96. The maximum Gasteiger partial charge on any atom is 0.573 e. The van der Waals surface area contributed by atoms with Gasteiger partial charge in [0.2, 0.25) is 12.7 Å². The van der Waals surface area contributed by atoms with Gasteiger partial charge in [0.25, 0.3) is 0 Å². The molecule has 1 aliphatic heterocycles. The average Bonchev–Trinajstić information content (AvgIpc) is 3.45. The number of rotatable bonds is 5. The van der Waals surface area contributed by atoms with Gasteiger partial charge in [0.05, 0.1) is 5.41 Å². The maximum absolute atomic E-state index is 13.2. The van der Waals surface area contributed by atoms with Gasteiger partial charge in [-0.2, -0.15) is 0 Å². The Labute approximate surface area is 188 Å². The third-order valence-corrected chi connectivity index (χ3v) is 6.00. The van der Waals surface area contributed by atoms with Crippen LogP contribution in [0.1, 0.15) is 24.0 Å². The van der Waals surface area contributed by atoms with Gasteiger partial charge in [-0.05, 0) is 78.4 Å². The molecule has 3 aromatic rings. The summed E-state index contributed by atoms with van der Waals surface area (Å²) < 4.78 is 52.0. The maximum atomic E-state index is 13.2. The molecule has 1 amide bonds. The Morgan fingerprint density at radius 2 is 1.70 bits per heavy atom. The molecule has 1 aliphatic carbocycles. The minimum atomic E-state index is -4.74. The zero-order valence-corrected chi connectivity index (χ0v) is 17.7. The van der Waals surface area contributed by atoms with Crippen molar-refractivity contribution in [2.24, 2.45) is 0 Å². The molecule has 170 valence electrons. The standard InChI is InChI=1S/C25H20F3NO4/c1-15-2-6-18(13-20(15)16-3-7-19(8-4-16)33-25(26,27)28)29-23(30)24(10-11-24)17-5-9-21-22(12-17)32-14-31-21/h2-9,12-13H,10-11,14H2,1H3,(H,29,30). The number of nitrogens with one attached hydrogen (secondary N) is 1. The van der Waals surface area contributed by atoms with E-state index in [0.29, 0.717) is 17.2 Å². The monoisotopic (exact) mass is 455 g/mol. The first kappa shape index (κ1) is 21.2. The zero-order chi connectivity index (χ0) is 23.2. The predicted molar refractivity (Wildman–Crippen MR) is 115 cm³/mol. The molecule has 5 rings (SSSR count). The molecular formula is C25H20F3NO4. The summed E-state index contributed by atoms with van der Waals surface area (Å²) in [7, 11) is 0. The van der Waals surface area contributed by atoms with Crippen LogP contribution in [-0.2, 0) is 10.2 Å². The number of anilines is 1. The fourth-order valence-electron chi connectivity index (χ4n) is 4.06. The van der Waals surface area contributed by atoms with Crippen molar-refractivity contribution in [1.82, 2.24) is 0 Å². The number of ether oxygens (including phenoxy) is 3. The van der Waals surface area contributed by atoms with Crippen molar-refractivity contribution in [3.63, 3.8) is 0 Å². The molecule has 3 aromatic carbocycles. The lowest BCUT2D eigenvalue weighted by molar-refractivity contribution is -0.274. The lowest BCUT2D eigenvalue weighted by Crippen LogP contribution is -2.27. The largest absolute Gasteiger partial charge is 0.573 e. The van der Waals surface area contributed by atoms with Crippen LogP contribution in [0.3, 0.4) is 0 Å². The number of amides is 1. The van der Waals surface area contributed by atoms with Gasteiger partial charge in [-0.15, -0.1) is 13.2 Å². The molecule has 1 N–H and O–H groups in total. The van der Waals surface area contributed by atoms with E-state index < -0.39 is 11.8 Å². The van der Waals surface area contributed by atoms with E-state index in [-0.39, 0.29) is 18.4 Å². The van der Waals surface area contributed by atoms with E-state index >= 15 is 0 Å². The van der Waals surface area contributed by atoms with Crippen LogP contribution in [-0.4, -0.2) is 19.1 Å². The number of carbonyl (C=O) groups is 1. The molecule has 0 bridgehead atoms. The molecule has 0 saturated heterocycles. The van der Waals surface area contributed by atoms with Crippen LogP contribution < -0.4 is 19.5 Å². The quantitative estimate of drug-likeness (QED) is 0.516. The van der Waals surface area contributed by atoms with E-state index in [1.165, 1.54) is 12.1 Å². The number of halogens is 3. The van der Waals surface area contributed by atoms with Gasteiger partial charge in [0.1, 0.15) is 5.75 Å². The molecule has 33 heavy (non-hydrogen) atoms. The number of hydrogen-bond acceptors (Lipinski definition) is 4. The second-order valence-corrected chi connectivity index (χ2v) is 8.21. The Kier molecular flexibility index (Phi) is 4.96. The highest BCUT2D eigenvalue weighted by atomic mass is 19.4. The van der Waals surface area contributed by atoms with Crippen molar-refractivity contribution in [3.8, 4) is 28.4 Å². The van der Waals surface area contributed by atoms with E-state index in [1.54, 1.807) is 12.1 Å². The Morgan fingerprint density at radius 1 is 0.970 bits per heavy atom. The van der Waals surface area contributed by atoms with Gasteiger partial charge in [0, 0.05) is 5.69 Å². The van der Waals surface area contributed by atoms with E-state index in [2.05, 4.69) is 10.1 Å². The molecule has 1 heterocycles. The molecular weight excluding hydrogens is 435 g/mol. The Bertz CT molecular complexity index is 1220. The summed E-state index contributed by atoms with van der Waals surface area (Å²) in [5.74, 6) is 0.921. The zero-order valence-electron chi connectivity index (χ0n) is 17.7. The summed E-state index contributed by atoms with van der Waals surface area (Å²) >= 11 is 0. The first-order valence-electron chi connectivity index (χ1n) is 10.4. The fraction of sp³-hybridized carbons (Fsp3) is 0.240. The minimum absolute atomic E-state index is 0.106. The van der Waals surface area contributed by atoms with E-state index in [1.807, 2.05) is 43.3 Å². The second kappa shape index (κ2) is 7.72. The number of benzene rings is 3. The highest BCUT2D eigenvalue weighted by Crippen LogP contribution is 2.51. The number of hydrogen-bond donors (Lipinski definition) is 1. The molecule has 0 radical (unpaired) electrons. The number of aryl methyl sites for hydroxylation is 1. The van der Waals surface area contributed by atoms with Gasteiger partial charge < -0.3 is 19.5 Å². The van der Waals surface area contributed by atoms with Crippen molar-refractivity contribution in [3.05, 3.63) is 71.8 Å². The van der Waals surface area contributed by atoms with Crippen LogP contribution in [0.25, 0.3) is 11.1 Å². The normalized spacial score (nSPS) is 15.8. The summed E-state index contributed by atoms with van der Waals surface area (Å²) in [6.07, 6.45) is -3.27. The summed E-state index contributed by atoms with van der Waals surface area (Å²) in [5, 5.41) is 3.01. The van der Waals surface area contributed by atoms with Gasteiger partial charge in [-0.25, -0.2) is 0 Å². The van der Waals surface area contributed by atoms with Crippen LogP contribution in [0.4, 0.5) is 18.9 Å². The number of alkyl halides is 3. The van der Waals surface area contributed by atoms with Crippen molar-refractivity contribution >= 4 is 11.6 Å². The van der Waals surface area contributed by atoms with E-state index in [9.17, 15) is 18.0 Å².